The number of esters is 1. The normalized spacial score (nSPS) is 15.6. The third kappa shape index (κ3) is 16.9. The number of nitrogens with two attached hydrogens (primary N) is 2. The summed E-state index contributed by atoms with van der Waals surface area (Å²) in [5, 5.41) is 14.1. The van der Waals surface area contributed by atoms with Gasteiger partial charge in [0.1, 0.15) is 22.6 Å². The van der Waals surface area contributed by atoms with Crippen LogP contribution in [-0.2, 0) is 41.2 Å². The van der Waals surface area contributed by atoms with E-state index in [4.69, 9.17) is 25.9 Å². The highest BCUT2D eigenvalue weighted by molar-refractivity contribution is 6.03. The van der Waals surface area contributed by atoms with Crippen LogP contribution in [0.3, 0.4) is 0 Å². The lowest BCUT2D eigenvalue weighted by molar-refractivity contribution is -0.155. The number of allylic oxidation sites excluding steroid dienone is 1. The fraction of sp³-hybridized carbons (Fsp3) is 0.469. The minimum atomic E-state index is -0.537. The molecule has 2 aliphatic carbocycles. The summed E-state index contributed by atoms with van der Waals surface area (Å²) in [6.45, 7) is 11.2. The van der Waals surface area contributed by atoms with Crippen LogP contribution < -0.4 is 22.1 Å². The molecule has 1 amide bonds. The lowest BCUT2D eigenvalue weighted by Crippen LogP contribution is -2.35. The van der Waals surface area contributed by atoms with Gasteiger partial charge in [0, 0.05) is 65.3 Å². The maximum absolute atomic E-state index is 12.5. The molecule has 2 aliphatic rings. The Hall–Kier alpha value is -7.18. The Morgan fingerprint density at radius 2 is 1.49 bits per heavy atom. The van der Waals surface area contributed by atoms with Gasteiger partial charge < -0.3 is 36.5 Å². The molecule has 0 spiro atoms. The molecule has 364 valence electrons. The molecule has 7 rings (SSSR count). The Labute approximate surface area is 399 Å². The van der Waals surface area contributed by atoms with Gasteiger partial charge in [0.2, 0.25) is 11.7 Å². The number of hydrogen-bond donors (Lipinski definition) is 4. The van der Waals surface area contributed by atoms with Crippen molar-refractivity contribution < 1.29 is 23.9 Å². The van der Waals surface area contributed by atoms with E-state index in [0.29, 0.717) is 23.8 Å². The number of pyridine rings is 2. The number of carbonyl (C=O) groups excluding carboxylic acids is 3. The smallest absolute Gasteiger partial charge is 0.408 e. The number of hydrogen-bond acceptors (Lipinski definition) is 14. The molecule has 5 aromatic rings. The van der Waals surface area contributed by atoms with Crippen LogP contribution in [0.1, 0.15) is 131 Å². The summed E-state index contributed by atoms with van der Waals surface area (Å²) >= 11 is 0. The number of alkyl carbamates (subject to hydrolysis) is 1. The first-order valence-corrected chi connectivity index (χ1v) is 22.9. The standard InChI is InChI=1S/C24H30N6O2.C20H29N3O3.C5H9N5/c1-24(2,3)32-22(31)12-17-8-6-5-7-16-11-21(26-14-19(16)17)20-9-10-25-23(29-20)28-18-13-27-30(4)15-18;1-20(2,3)26-19(25)22-16-9-7-6-8-14-12-17(21-13-15(14)16)18(24)10-11-23(4)5;1-10-3-4(2-8-10)9-5(6)7/h9-11,13-15,17H,5-8,12H2,1-4H3,(H,25,28,29);10-13,16H,6-9H2,1-5H3,(H,22,25);2-3H,1H3,(H4,6,7,9). The monoisotopic (exact) mass is 933 g/mol. The van der Waals surface area contributed by atoms with Gasteiger partial charge in [-0.3, -0.25) is 28.9 Å². The molecular weight excluding hydrogens is 865 g/mol. The lowest BCUT2D eigenvalue weighted by Gasteiger charge is -2.24. The van der Waals surface area contributed by atoms with Crippen molar-refractivity contribution in [2.45, 2.75) is 122 Å². The second-order valence-electron chi connectivity index (χ2n) is 19.1. The second-order valence-corrected chi connectivity index (χ2v) is 19.1. The maximum atomic E-state index is 12.5. The Balaban J connectivity index is 0.000000214. The lowest BCUT2D eigenvalue weighted by atomic mass is 9.91. The second kappa shape index (κ2) is 23.5. The first-order chi connectivity index (χ1) is 32.1. The number of aliphatic imine (C=N–C) groups is 1. The van der Waals surface area contributed by atoms with Gasteiger partial charge in [-0.15, -0.1) is 0 Å². The Morgan fingerprint density at radius 3 is 2.12 bits per heavy atom. The number of amides is 1. The number of guanidine groups is 1. The van der Waals surface area contributed by atoms with E-state index < -0.39 is 17.3 Å². The average Bonchev–Trinajstić information content (AvgIpc) is 3.72. The van der Waals surface area contributed by atoms with Crippen molar-refractivity contribution in [1.29, 1.82) is 0 Å². The van der Waals surface area contributed by atoms with Crippen molar-refractivity contribution in [1.82, 2.24) is 49.7 Å². The van der Waals surface area contributed by atoms with Crippen molar-refractivity contribution in [3.8, 4) is 11.4 Å². The van der Waals surface area contributed by atoms with E-state index in [9.17, 15) is 14.4 Å². The summed E-state index contributed by atoms with van der Waals surface area (Å²) < 4.78 is 14.3. The Kier molecular flexibility index (Phi) is 17.9. The number of nitrogens with one attached hydrogen (secondary N) is 2. The number of fused-ring (bicyclic) bond motifs is 2. The molecule has 0 aliphatic heterocycles. The fourth-order valence-corrected chi connectivity index (χ4v) is 7.58. The van der Waals surface area contributed by atoms with E-state index in [1.165, 1.54) is 11.6 Å². The topological polar surface area (TPSA) is 249 Å². The quantitative estimate of drug-likeness (QED) is 0.0264. The molecule has 19 nitrogen and oxygen atoms in total. The number of rotatable bonds is 10. The maximum Gasteiger partial charge on any atom is 0.408 e. The van der Waals surface area contributed by atoms with Gasteiger partial charge in [0.05, 0.1) is 48.1 Å². The van der Waals surface area contributed by atoms with E-state index in [-0.39, 0.29) is 29.7 Å². The zero-order valence-corrected chi connectivity index (χ0v) is 41.1. The summed E-state index contributed by atoms with van der Waals surface area (Å²) in [6, 6.07) is 5.68. The van der Waals surface area contributed by atoms with E-state index in [0.717, 1.165) is 85.1 Å². The van der Waals surface area contributed by atoms with Crippen LogP contribution in [0.15, 0.2) is 78.8 Å². The molecule has 0 saturated carbocycles. The van der Waals surface area contributed by atoms with Crippen molar-refractivity contribution in [2.75, 3.05) is 19.4 Å². The molecule has 68 heavy (non-hydrogen) atoms. The molecule has 0 fully saturated rings. The van der Waals surface area contributed by atoms with Gasteiger partial charge in [0.25, 0.3) is 0 Å². The predicted octanol–water partition coefficient (Wildman–Crippen LogP) is 7.51. The molecule has 2 atom stereocenters. The van der Waals surface area contributed by atoms with Crippen LogP contribution in [-0.4, -0.2) is 93.5 Å². The molecule has 5 aromatic heterocycles. The predicted molar refractivity (Wildman–Crippen MR) is 262 cm³/mol. The summed E-state index contributed by atoms with van der Waals surface area (Å²) in [5.41, 5.74) is 17.2. The molecule has 0 saturated heterocycles. The van der Waals surface area contributed by atoms with E-state index in [2.05, 4.69) is 46.8 Å². The van der Waals surface area contributed by atoms with Gasteiger partial charge in [-0.2, -0.15) is 10.2 Å². The van der Waals surface area contributed by atoms with E-state index in [1.54, 1.807) is 53.6 Å². The van der Waals surface area contributed by atoms with E-state index in [1.807, 2.05) is 92.1 Å². The number of aryl methyl sites for hydroxylation is 4. The largest absolute Gasteiger partial charge is 0.460 e. The Morgan fingerprint density at radius 1 is 0.824 bits per heavy atom. The molecular formula is C49H68N14O5. The fourth-order valence-electron chi connectivity index (χ4n) is 7.58. The van der Waals surface area contributed by atoms with Crippen LogP contribution in [0.5, 0.6) is 0 Å². The average molecular weight is 933 g/mol. The highest BCUT2D eigenvalue weighted by Gasteiger charge is 2.27. The Bertz CT molecular complexity index is 2550. The molecule has 0 bridgehead atoms. The van der Waals surface area contributed by atoms with Crippen molar-refractivity contribution in [3.05, 3.63) is 102 Å². The molecule has 2 unspecified atom stereocenters. The molecule has 5 heterocycles. The van der Waals surface area contributed by atoms with Gasteiger partial charge in [0.15, 0.2) is 5.96 Å². The molecule has 0 radical (unpaired) electrons. The summed E-state index contributed by atoms with van der Waals surface area (Å²) in [5.74, 6) is 0.406. The van der Waals surface area contributed by atoms with Gasteiger partial charge >= 0.3 is 12.1 Å². The van der Waals surface area contributed by atoms with Crippen LogP contribution in [0, 0.1) is 0 Å². The SMILES string of the molecule is CN(C)C=CC(=O)c1cc2c(cn1)C(NC(=O)OC(C)(C)C)CCCC2.Cn1cc(N=C(N)N)cn1.Cn1cc(Nc2nccc(-c3cc4c(cn3)C(CC(=O)OC(C)(C)C)CCCC4)n2)cn1. The minimum Gasteiger partial charge on any atom is -0.460 e. The third-order valence-electron chi connectivity index (χ3n) is 10.4. The summed E-state index contributed by atoms with van der Waals surface area (Å²) in [7, 11) is 7.38. The molecule has 19 heteroatoms. The van der Waals surface area contributed by atoms with Crippen LogP contribution >= 0.6 is 0 Å². The summed E-state index contributed by atoms with van der Waals surface area (Å²) in [4.78, 5) is 60.4. The minimum absolute atomic E-state index is 0.0491. The number of nitrogens with zero attached hydrogens (tertiary/aromatic N) is 10. The van der Waals surface area contributed by atoms with Crippen molar-refractivity contribution in [2.24, 2.45) is 30.6 Å². The number of anilines is 2. The van der Waals surface area contributed by atoms with Gasteiger partial charge in [-0.25, -0.2) is 19.8 Å². The third-order valence-corrected chi connectivity index (χ3v) is 10.4. The van der Waals surface area contributed by atoms with E-state index >= 15 is 0 Å². The van der Waals surface area contributed by atoms with Gasteiger partial charge in [-0.05, 0) is 126 Å². The van der Waals surface area contributed by atoms with Crippen LogP contribution in [0.25, 0.3) is 11.4 Å². The van der Waals surface area contributed by atoms with Gasteiger partial charge in [-0.1, -0.05) is 12.8 Å². The summed E-state index contributed by atoms with van der Waals surface area (Å²) in [6.07, 6.45) is 23.3. The molecule has 0 aromatic carbocycles. The van der Waals surface area contributed by atoms with Crippen LogP contribution in [0.4, 0.5) is 22.1 Å². The zero-order valence-electron chi connectivity index (χ0n) is 41.1. The van der Waals surface area contributed by atoms with Crippen molar-refractivity contribution >= 4 is 41.1 Å². The van der Waals surface area contributed by atoms with Crippen LogP contribution in [0.2, 0.25) is 0 Å². The zero-order chi connectivity index (χ0) is 49.6. The number of carbonyl (C=O) groups is 3. The molecule has 6 N–H and O–H groups in total. The highest BCUT2D eigenvalue weighted by atomic mass is 16.6. The first kappa shape index (κ1) is 51.8. The number of aromatic nitrogens is 8. The van der Waals surface area contributed by atoms with Crippen molar-refractivity contribution in [3.63, 3.8) is 0 Å². The number of ether oxygens (including phenoxy) is 2. The first-order valence-electron chi connectivity index (χ1n) is 22.9. The highest BCUT2D eigenvalue weighted by Crippen LogP contribution is 2.35. The number of ketones is 1.